The van der Waals surface area contributed by atoms with Crippen molar-refractivity contribution < 1.29 is 25.8 Å². The SMILES string of the molecule is COc1ccc(-c2ccc(OS(=O)(=O)CCN(CCS(C)(=O)=O)c3ccccc3)cc2)cc1. The third kappa shape index (κ3) is 7.80. The molecule has 0 aliphatic carbocycles. The van der Waals surface area contributed by atoms with Crippen LogP contribution in [0.1, 0.15) is 0 Å². The van der Waals surface area contributed by atoms with E-state index >= 15 is 0 Å². The van der Waals surface area contributed by atoms with E-state index in [1.807, 2.05) is 54.6 Å². The van der Waals surface area contributed by atoms with Gasteiger partial charge in [0.25, 0.3) is 0 Å². The highest BCUT2D eigenvalue weighted by Gasteiger charge is 2.18. The first-order valence-corrected chi connectivity index (χ1v) is 13.9. The first-order valence-electron chi connectivity index (χ1n) is 10.3. The molecule has 0 unspecified atom stereocenters. The minimum absolute atomic E-state index is 0.0738. The molecule has 0 radical (unpaired) electrons. The Morgan fingerprint density at radius 1 is 0.697 bits per heavy atom. The van der Waals surface area contributed by atoms with Gasteiger partial charge in [0.1, 0.15) is 27.1 Å². The summed E-state index contributed by atoms with van der Waals surface area (Å²) in [5.74, 6) is 0.613. The second-order valence-electron chi connectivity index (χ2n) is 7.55. The smallest absolute Gasteiger partial charge is 0.310 e. The summed E-state index contributed by atoms with van der Waals surface area (Å²) in [5.41, 5.74) is 2.63. The Kier molecular flexibility index (Phi) is 7.99. The maximum Gasteiger partial charge on any atom is 0.310 e. The molecule has 0 atom stereocenters. The molecule has 0 heterocycles. The molecule has 0 N–H and O–H groups in total. The highest BCUT2D eigenvalue weighted by Crippen LogP contribution is 2.25. The Labute approximate surface area is 195 Å². The summed E-state index contributed by atoms with van der Waals surface area (Å²) in [7, 11) is -5.47. The first-order chi connectivity index (χ1) is 15.6. The number of anilines is 1. The summed E-state index contributed by atoms with van der Waals surface area (Å²) in [6.45, 7) is 0.292. The molecule has 0 fully saturated rings. The summed E-state index contributed by atoms with van der Waals surface area (Å²) in [5, 5.41) is 0. The number of hydrogen-bond acceptors (Lipinski definition) is 7. The van der Waals surface area contributed by atoms with E-state index in [4.69, 9.17) is 8.92 Å². The summed E-state index contributed by atoms with van der Waals surface area (Å²) in [4.78, 5) is 1.73. The normalized spacial score (nSPS) is 11.7. The lowest BCUT2D eigenvalue weighted by Crippen LogP contribution is -2.34. The molecule has 0 aliphatic heterocycles. The van der Waals surface area contributed by atoms with Crippen molar-refractivity contribution in [1.29, 1.82) is 0 Å². The number of rotatable bonds is 11. The fourth-order valence-electron chi connectivity index (χ4n) is 3.18. The van der Waals surface area contributed by atoms with Gasteiger partial charge in [-0.15, -0.1) is 0 Å². The third-order valence-corrected chi connectivity index (χ3v) is 7.02. The number of para-hydroxylation sites is 1. The van der Waals surface area contributed by atoms with Crippen molar-refractivity contribution in [1.82, 2.24) is 0 Å². The monoisotopic (exact) mass is 489 g/mol. The molecule has 0 saturated heterocycles. The Bertz CT molecular complexity index is 1240. The molecule has 0 amide bonds. The van der Waals surface area contributed by atoms with Crippen LogP contribution in [0.5, 0.6) is 11.5 Å². The van der Waals surface area contributed by atoms with Crippen molar-refractivity contribution in [2.45, 2.75) is 0 Å². The van der Waals surface area contributed by atoms with E-state index in [9.17, 15) is 16.8 Å². The minimum atomic E-state index is -3.89. The zero-order valence-corrected chi connectivity index (χ0v) is 20.2. The maximum atomic E-state index is 12.6. The minimum Gasteiger partial charge on any atom is -0.497 e. The van der Waals surface area contributed by atoms with E-state index in [1.165, 1.54) is 0 Å². The molecule has 0 saturated carbocycles. The molecule has 0 aromatic heterocycles. The summed E-state index contributed by atoms with van der Waals surface area (Å²) < 4.78 is 58.8. The fourth-order valence-corrected chi connectivity index (χ4v) is 4.67. The fraction of sp³-hybridized carbons (Fsp3) is 0.250. The van der Waals surface area contributed by atoms with Gasteiger partial charge in [0.2, 0.25) is 0 Å². The molecule has 7 nitrogen and oxygen atoms in total. The van der Waals surface area contributed by atoms with Crippen LogP contribution in [-0.4, -0.2) is 54.8 Å². The van der Waals surface area contributed by atoms with E-state index < -0.39 is 20.0 Å². The molecule has 0 spiro atoms. The third-order valence-electron chi connectivity index (χ3n) is 4.97. The van der Waals surface area contributed by atoms with E-state index in [0.29, 0.717) is 0 Å². The van der Waals surface area contributed by atoms with Crippen molar-refractivity contribution in [3.63, 3.8) is 0 Å². The Morgan fingerprint density at radius 2 is 1.21 bits per heavy atom. The highest BCUT2D eigenvalue weighted by molar-refractivity contribution is 7.90. The topological polar surface area (TPSA) is 90.0 Å². The Morgan fingerprint density at radius 3 is 1.73 bits per heavy atom. The van der Waals surface area contributed by atoms with Gasteiger partial charge in [-0.25, -0.2) is 8.42 Å². The molecule has 0 aliphatic rings. The van der Waals surface area contributed by atoms with Gasteiger partial charge < -0.3 is 13.8 Å². The molecule has 176 valence electrons. The zero-order valence-electron chi connectivity index (χ0n) is 18.5. The largest absolute Gasteiger partial charge is 0.497 e. The molecular weight excluding hydrogens is 462 g/mol. The average Bonchev–Trinajstić information content (AvgIpc) is 2.79. The standard InChI is InChI=1S/C24H27NO6S2/c1-30-23-12-8-20(9-13-23)21-10-14-24(15-11-21)31-33(28,29)19-17-25(16-18-32(2,26)27)22-6-4-3-5-7-22/h3-15H,16-19H2,1-2H3. The molecule has 33 heavy (non-hydrogen) atoms. The van der Waals surface area contributed by atoms with Crippen molar-refractivity contribution in [2.75, 3.05) is 42.9 Å². The Hall–Kier alpha value is -3.04. The summed E-state index contributed by atoms with van der Waals surface area (Å²) in [6.07, 6.45) is 1.16. The number of benzene rings is 3. The number of methoxy groups -OCH3 is 1. The van der Waals surface area contributed by atoms with Gasteiger partial charge in [-0.2, -0.15) is 8.42 Å². The zero-order chi connectivity index (χ0) is 23.9. The van der Waals surface area contributed by atoms with Crippen molar-refractivity contribution in [3.05, 3.63) is 78.9 Å². The van der Waals surface area contributed by atoms with Gasteiger partial charge >= 0.3 is 10.1 Å². The van der Waals surface area contributed by atoms with Gasteiger partial charge in [-0.1, -0.05) is 42.5 Å². The van der Waals surface area contributed by atoms with E-state index in [-0.39, 0.29) is 30.3 Å². The molecule has 3 rings (SSSR count). The van der Waals surface area contributed by atoms with Crippen LogP contribution in [0.25, 0.3) is 11.1 Å². The number of sulfone groups is 1. The van der Waals surface area contributed by atoms with Gasteiger partial charge in [-0.05, 0) is 47.5 Å². The van der Waals surface area contributed by atoms with Crippen LogP contribution in [0.2, 0.25) is 0 Å². The van der Waals surface area contributed by atoms with Crippen LogP contribution >= 0.6 is 0 Å². The average molecular weight is 490 g/mol. The first kappa shape index (κ1) is 24.6. The van der Waals surface area contributed by atoms with E-state index in [0.717, 1.165) is 28.8 Å². The molecule has 3 aromatic rings. The molecule has 9 heteroatoms. The lowest BCUT2D eigenvalue weighted by molar-refractivity contribution is 0.415. The Balaban J connectivity index is 1.65. The van der Waals surface area contributed by atoms with Crippen LogP contribution in [0, 0.1) is 0 Å². The quantitative estimate of drug-likeness (QED) is 0.380. The van der Waals surface area contributed by atoms with Crippen molar-refractivity contribution in [2.24, 2.45) is 0 Å². The van der Waals surface area contributed by atoms with Crippen LogP contribution in [0.3, 0.4) is 0 Å². The number of hydrogen-bond donors (Lipinski definition) is 0. The van der Waals surface area contributed by atoms with E-state index in [1.54, 1.807) is 36.3 Å². The van der Waals surface area contributed by atoms with E-state index in [2.05, 4.69) is 0 Å². The maximum absolute atomic E-state index is 12.6. The van der Waals surface area contributed by atoms with Gasteiger partial charge in [0, 0.05) is 25.0 Å². The van der Waals surface area contributed by atoms with Crippen molar-refractivity contribution >= 4 is 25.6 Å². The number of ether oxygens (including phenoxy) is 1. The van der Waals surface area contributed by atoms with Crippen molar-refractivity contribution in [3.8, 4) is 22.6 Å². The van der Waals surface area contributed by atoms with Gasteiger partial charge in [0.05, 0.1) is 12.9 Å². The van der Waals surface area contributed by atoms with Crippen LogP contribution in [0.15, 0.2) is 78.9 Å². The van der Waals surface area contributed by atoms with Crippen LogP contribution in [-0.2, 0) is 20.0 Å². The summed E-state index contributed by atoms with van der Waals surface area (Å²) in [6, 6.07) is 23.4. The molecule has 0 bridgehead atoms. The van der Waals surface area contributed by atoms with Crippen LogP contribution < -0.4 is 13.8 Å². The van der Waals surface area contributed by atoms with Crippen LogP contribution in [0.4, 0.5) is 5.69 Å². The molecular formula is C24H27NO6S2. The number of nitrogens with zero attached hydrogens (tertiary/aromatic N) is 1. The van der Waals surface area contributed by atoms with Gasteiger partial charge in [-0.3, -0.25) is 0 Å². The van der Waals surface area contributed by atoms with Gasteiger partial charge in [0.15, 0.2) is 0 Å². The second kappa shape index (κ2) is 10.7. The molecule has 3 aromatic carbocycles. The second-order valence-corrected chi connectivity index (χ2v) is 11.5. The predicted octanol–water partition coefficient (Wildman–Crippen LogP) is 3.62. The lowest BCUT2D eigenvalue weighted by Gasteiger charge is -2.24. The summed E-state index contributed by atoms with van der Waals surface area (Å²) >= 11 is 0. The lowest BCUT2D eigenvalue weighted by atomic mass is 10.1. The highest BCUT2D eigenvalue weighted by atomic mass is 32.2. The predicted molar refractivity (Wildman–Crippen MR) is 131 cm³/mol.